The quantitative estimate of drug-likeness (QED) is 0.888. The van der Waals surface area contributed by atoms with Gasteiger partial charge in [-0.3, -0.25) is 9.69 Å². The summed E-state index contributed by atoms with van der Waals surface area (Å²) < 4.78 is 18.6. The van der Waals surface area contributed by atoms with Gasteiger partial charge in [0.25, 0.3) is 0 Å². The van der Waals surface area contributed by atoms with Gasteiger partial charge in [-0.05, 0) is 44.0 Å². The van der Waals surface area contributed by atoms with Crippen molar-refractivity contribution in [1.82, 2.24) is 10.2 Å². The van der Waals surface area contributed by atoms with E-state index in [2.05, 4.69) is 15.1 Å². The van der Waals surface area contributed by atoms with Gasteiger partial charge in [0.2, 0.25) is 5.91 Å². The molecular weight excluding hydrogens is 309 g/mol. The number of hydrogen-bond donors (Lipinski definition) is 1. The smallest absolute Gasteiger partial charge is 0.237 e. The lowest BCUT2D eigenvalue weighted by Gasteiger charge is -2.38. The topological polar surface area (TPSA) is 44.8 Å². The second-order valence-electron chi connectivity index (χ2n) is 6.56. The highest BCUT2D eigenvalue weighted by Crippen LogP contribution is 2.18. The van der Waals surface area contributed by atoms with Crippen LogP contribution in [0.1, 0.15) is 19.8 Å². The summed E-state index contributed by atoms with van der Waals surface area (Å²) in [7, 11) is 0. The Balaban J connectivity index is 1.44. The molecule has 1 amide bonds. The van der Waals surface area contributed by atoms with Gasteiger partial charge in [-0.25, -0.2) is 4.39 Å². The molecule has 2 aliphatic heterocycles. The van der Waals surface area contributed by atoms with Gasteiger partial charge in [-0.1, -0.05) is 0 Å². The van der Waals surface area contributed by atoms with Crippen LogP contribution in [0.15, 0.2) is 24.3 Å². The number of carbonyl (C=O) groups is 1. The van der Waals surface area contributed by atoms with Crippen LogP contribution in [0.3, 0.4) is 0 Å². The van der Waals surface area contributed by atoms with E-state index in [0.717, 1.165) is 51.3 Å². The maximum atomic E-state index is 13.0. The average molecular weight is 335 g/mol. The standard InChI is InChI=1S/C18H26FN3O2/c1-14(18(23)20-13-17-3-2-12-24-17)21-8-10-22(11-9-21)16-6-4-15(19)5-7-16/h4-7,14,17H,2-3,8-13H2,1H3,(H,20,23). The van der Waals surface area contributed by atoms with Crippen molar-refractivity contribution in [2.45, 2.75) is 31.9 Å². The Morgan fingerprint density at radius 3 is 2.62 bits per heavy atom. The number of rotatable bonds is 5. The Bertz CT molecular complexity index is 538. The zero-order valence-corrected chi connectivity index (χ0v) is 14.2. The Morgan fingerprint density at radius 1 is 1.29 bits per heavy atom. The molecular formula is C18H26FN3O2. The zero-order chi connectivity index (χ0) is 16.9. The molecule has 1 N–H and O–H groups in total. The highest BCUT2D eigenvalue weighted by molar-refractivity contribution is 5.81. The van der Waals surface area contributed by atoms with Gasteiger partial charge in [-0.2, -0.15) is 0 Å². The second kappa shape index (κ2) is 7.94. The van der Waals surface area contributed by atoms with Crippen LogP contribution in [0.5, 0.6) is 0 Å². The van der Waals surface area contributed by atoms with Crippen molar-refractivity contribution in [2.75, 3.05) is 44.2 Å². The number of hydrogen-bond acceptors (Lipinski definition) is 4. The van der Waals surface area contributed by atoms with E-state index in [1.54, 1.807) is 0 Å². The van der Waals surface area contributed by atoms with Crippen molar-refractivity contribution in [1.29, 1.82) is 0 Å². The highest BCUT2D eigenvalue weighted by Gasteiger charge is 2.26. The van der Waals surface area contributed by atoms with Crippen LogP contribution in [0.25, 0.3) is 0 Å². The van der Waals surface area contributed by atoms with Gasteiger partial charge in [0.15, 0.2) is 0 Å². The summed E-state index contributed by atoms with van der Waals surface area (Å²) in [6.07, 6.45) is 2.29. The van der Waals surface area contributed by atoms with Crippen LogP contribution >= 0.6 is 0 Å². The monoisotopic (exact) mass is 335 g/mol. The lowest BCUT2D eigenvalue weighted by molar-refractivity contribution is -0.126. The molecule has 132 valence electrons. The third-order valence-corrected chi connectivity index (χ3v) is 4.96. The SMILES string of the molecule is CC(C(=O)NCC1CCCO1)N1CCN(c2ccc(F)cc2)CC1. The van der Waals surface area contributed by atoms with Gasteiger partial charge in [-0.15, -0.1) is 0 Å². The van der Waals surface area contributed by atoms with Crippen LogP contribution in [0.2, 0.25) is 0 Å². The Morgan fingerprint density at radius 2 is 2.00 bits per heavy atom. The van der Waals surface area contributed by atoms with Gasteiger partial charge >= 0.3 is 0 Å². The fraction of sp³-hybridized carbons (Fsp3) is 0.611. The summed E-state index contributed by atoms with van der Waals surface area (Å²) in [5.74, 6) is -0.144. The van der Waals surface area contributed by atoms with Crippen LogP contribution in [0, 0.1) is 5.82 Å². The van der Waals surface area contributed by atoms with E-state index in [1.807, 2.05) is 19.1 Å². The number of ether oxygens (including phenoxy) is 1. The van der Waals surface area contributed by atoms with Gasteiger partial charge in [0, 0.05) is 45.0 Å². The van der Waals surface area contributed by atoms with Crippen LogP contribution in [0.4, 0.5) is 10.1 Å². The molecule has 5 nitrogen and oxygen atoms in total. The van der Waals surface area contributed by atoms with Crippen molar-refractivity contribution in [2.24, 2.45) is 0 Å². The van der Waals surface area contributed by atoms with Crippen LogP contribution in [-0.2, 0) is 9.53 Å². The van der Waals surface area contributed by atoms with Crippen molar-refractivity contribution in [3.63, 3.8) is 0 Å². The zero-order valence-electron chi connectivity index (χ0n) is 14.2. The summed E-state index contributed by atoms with van der Waals surface area (Å²) in [5.41, 5.74) is 1.03. The number of halogens is 1. The van der Waals surface area contributed by atoms with Crippen molar-refractivity contribution >= 4 is 11.6 Å². The van der Waals surface area contributed by atoms with Crippen LogP contribution in [-0.4, -0.2) is 62.3 Å². The molecule has 0 aliphatic carbocycles. The lowest BCUT2D eigenvalue weighted by Crippen LogP contribution is -2.54. The maximum Gasteiger partial charge on any atom is 0.237 e. The molecule has 0 spiro atoms. The summed E-state index contributed by atoms with van der Waals surface area (Å²) in [6.45, 7) is 6.71. The predicted molar refractivity (Wildman–Crippen MR) is 91.6 cm³/mol. The molecule has 0 saturated carbocycles. The number of anilines is 1. The van der Waals surface area contributed by atoms with Gasteiger partial charge in [0.1, 0.15) is 5.82 Å². The molecule has 0 radical (unpaired) electrons. The highest BCUT2D eigenvalue weighted by atomic mass is 19.1. The fourth-order valence-electron chi connectivity index (χ4n) is 3.35. The fourth-order valence-corrected chi connectivity index (χ4v) is 3.35. The first-order valence-electron chi connectivity index (χ1n) is 8.77. The molecule has 24 heavy (non-hydrogen) atoms. The normalized spacial score (nSPS) is 23.2. The molecule has 2 saturated heterocycles. The number of carbonyl (C=O) groups excluding carboxylic acids is 1. The number of nitrogens with zero attached hydrogens (tertiary/aromatic N) is 2. The maximum absolute atomic E-state index is 13.0. The minimum absolute atomic E-state index is 0.0701. The first-order chi connectivity index (χ1) is 11.6. The van der Waals surface area contributed by atoms with E-state index in [4.69, 9.17) is 4.74 Å². The molecule has 2 atom stereocenters. The molecule has 6 heteroatoms. The number of piperazine rings is 1. The lowest BCUT2D eigenvalue weighted by atomic mass is 10.2. The molecule has 1 aromatic rings. The van der Waals surface area contributed by atoms with Crippen molar-refractivity contribution < 1.29 is 13.9 Å². The number of nitrogens with one attached hydrogen (secondary N) is 1. The third-order valence-electron chi connectivity index (χ3n) is 4.96. The Hall–Kier alpha value is -1.66. The molecule has 2 fully saturated rings. The van der Waals surface area contributed by atoms with Crippen molar-refractivity contribution in [3.05, 3.63) is 30.1 Å². The van der Waals surface area contributed by atoms with E-state index < -0.39 is 0 Å². The molecule has 0 bridgehead atoms. The minimum atomic E-state index is -0.214. The second-order valence-corrected chi connectivity index (χ2v) is 6.56. The molecule has 2 aliphatic rings. The minimum Gasteiger partial charge on any atom is -0.376 e. The van der Waals surface area contributed by atoms with E-state index >= 15 is 0 Å². The van der Waals surface area contributed by atoms with Gasteiger partial charge in [0.05, 0.1) is 12.1 Å². The summed E-state index contributed by atoms with van der Waals surface area (Å²) in [6, 6.07) is 6.46. The van der Waals surface area contributed by atoms with Gasteiger partial charge < -0.3 is 15.0 Å². The molecule has 1 aromatic carbocycles. The number of benzene rings is 1. The van der Waals surface area contributed by atoms with Crippen LogP contribution < -0.4 is 10.2 Å². The van der Waals surface area contributed by atoms with E-state index in [-0.39, 0.29) is 23.9 Å². The van der Waals surface area contributed by atoms with Crippen molar-refractivity contribution in [3.8, 4) is 0 Å². The molecule has 0 aromatic heterocycles. The molecule has 2 unspecified atom stereocenters. The molecule has 2 heterocycles. The van der Waals surface area contributed by atoms with E-state index in [1.165, 1.54) is 12.1 Å². The first kappa shape index (κ1) is 17.2. The third kappa shape index (κ3) is 4.24. The Labute approximate surface area is 142 Å². The molecule has 3 rings (SSSR count). The largest absolute Gasteiger partial charge is 0.376 e. The van der Waals surface area contributed by atoms with E-state index in [9.17, 15) is 9.18 Å². The summed E-state index contributed by atoms with van der Waals surface area (Å²) >= 11 is 0. The number of amides is 1. The van der Waals surface area contributed by atoms with E-state index in [0.29, 0.717) is 6.54 Å². The summed E-state index contributed by atoms with van der Waals surface area (Å²) in [4.78, 5) is 16.8. The summed E-state index contributed by atoms with van der Waals surface area (Å²) in [5, 5.41) is 3.01. The predicted octanol–water partition coefficient (Wildman–Crippen LogP) is 1.63. The Kier molecular flexibility index (Phi) is 5.68. The first-order valence-corrected chi connectivity index (χ1v) is 8.77. The average Bonchev–Trinajstić information content (AvgIpc) is 3.13.